The summed E-state index contributed by atoms with van der Waals surface area (Å²) in [5.74, 6) is 0.742. The highest BCUT2D eigenvalue weighted by atomic mass is 16.4. The van der Waals surface area contributed by atoms with Crippen LogP contribution in [0.4, 0.5) is 0 Å². The number of carboxylic acids is 1. The van der Waals surface area contributed by atoms with Crippen LogP contribution in [0.25, 0.3) is 0 Å². The lowest BCUT2D eigenvalue weighted by atomic mass is 9.64. The molecule has 0 aliphatic heterocycles. The van der Waals surface area contributed by atoms with E-state index in [1.165, 1.54) is 0 Å². The maximum Gasteiger partial charge on any atom is 0.310 e. The van der Waals surface area contributed by atoms with Gasteiger partial charge < -0.3 is 10.8 Å². The van der Waals surface area contributed by atoms with E-state index in [-0.39, 0.29) is 11.5 Å². The van der Waals surface area contributed by atoms with Crippen molar-refractivity contribution in [2.45, 2.75) is 38.6 Å². The monoisotopic (exact) mass is 195 g/mol. The van der Waals surface area contributed by atoms with E-state index in [1.807, 2.05) is 6.92 Å². The van der Waals surface area contributed by atoms with Gasteiger partial charge in [0.05, 0.1) is 5.41 Å². The predicted octanol–water partition coefficient (Wildman–Crippen LogP) is 1.22. The number of rotatable bonds is 2. The molecule has 4 aliphatic rings. The minimum atomic E-state index is -0.586. The fourth-order valence-electron chi connectivity index (χ4n) is 4.80. The van der Waals surface area contributed by atoms with Gasteiger partial charge in [-0.2, -0.15) is 0 Å². The van der Waals surface area contributed by atoms with Crippen molar-refractivity contribution in [1.82, 2.24) is 0 Å². The van der Waals surface area contributed by atoms with Gasteiger partial charge in [0.15, 0.2) is 0 Å². The highest BCUT2D eigenvalue weighted by molar-refractivity contribution is 5.78. The van der Waals surface area contributed by atoms with E-state index in [9.17, 15) is 9.90 Å². The summed E-state index contributed by atoms with van der Waals surface area (Å²) in [5.41, 5.74) is 5.54. The molecule has 4 aliphatic carbocycles. The molecule has 4 saturated carbocycles. The fraction of sp³-hybridized carbons (Fsp3) is 0.909. The largest absolute Gasteiger partial charge is 0.481 e. The smallest absolute Gasteiger partial charge is 0.310 e. The molecule has 4 fully saturated rings. The lowest BCUT2D eigenvalue weighted by Crippen LogP contribution is -2.49. The van der Waals surface area contributed by atoms with Gasteiger partial charge in [0.2, 0.25) is 0 Å². The number of aliphatic carboxylic acids is 1. The maximum absolute atomic E-state index is 11.5. The zero-order chi connectivity index (χ0) is 10.1. The molecule has 3 heteroatoms. The number of carboxylic acid groups (broad SMARTS) is 1. The van der Waals surface area contributed by atoms with Crippen molar-refractivity contribution < 1.29 is 9.90 Å². The highest BCUT2D eigenvalue weighted by Gasteiger charge is 2.75. The maximum atomic E-state index is 11.5. The number of carbonyl (C=O) groups is 1. The Hall–Kier alpha value is -0.570. The molecule has 0 aromatic heterocycles. The molecule has 3 nitrogen and oxygen atoms in total. The lowest BCUT2D eigenvalue weighted by molar-refractivity contribution is -0.154. The summed E-state index contributed by atoms with van der Waals surface area (Å²) in [7, 11) is 0. The average molecular weight is 195 g/mol. The van der Waals surface area contributed by atoms with Gasteiger partial charge >= 0.3 is 5.97 Å². The molecule has 4 bridgehead atoms. The summed E-state index contributed by atoms with van der Waals surface area (Å²) < 4.78 is 0. The summed E-state index contributed by atoms with van der Waals surface area (Å²) in [6.45, 7) is 1.99. The molecule has 0 radical (unpaired) electrons. The lowest BCUT2D eigenvalue weighted by Gasteiger charge is -2.40. The first kappa shape index (κ1) is 8.72. The van der Waals surface area contributed by atoms with E-state index < -0.39 is 11.4 Å². The topological polar surface area (TPSA) is 63.3 Å². The van der Waals surface area contributed by atoms with Crippen LogP contribution in [0.15, 0.2) is 0 Å². The molecular formula is C11H17NO2. The predicted molar refractivity (Wildman–Crippen MR) is 51.6 cm³/mol. The molecule has 3 unspecified atom stereocenters. The Morgan fingerprint density at radius 3 is 2.14 bits per heavy atom. The second-order valence-electron chi connectivity index (χ2n) is 5.67. The molecular weight excluding hydrogens is 178 g/mol. The summed E-state index contributed by atoms with van der Waals surface area (Å²) in [5, 5.41) is 9.45. The summed E-state index contributed by atoms with van der Waals surface area (Å²) in [6.07, 6.45) is 3.94. The second-order valence-corrected chi connectivity index (χ2v) is 5.67. The second kappa shape index (κ2) is 2.16. The van der Waals surface area contributed by atoms with E-state index in [0.717, 1.165) is 25.7 Å². The minimum absolute atomic E-state index is 0.0381. The van der Waals surface area contributed by atoms with Crippen LogP contribution < -0.4 is 5.73 Å². The van der Waals surface area contributed by atoms with Crippen molar-refractivity contribution in [3.8, 4) is 0 Å². The average Bonchev–Trinajstić information content (AvgIpc) is 2.69. The van der Waals surface area contributed by atoms with Crippen molar-refractivity contribution in [3.63, 3.8) is 0 Å². The van der Waals surface area contributed by atoms with Crippen LogP contribution in [-0.4, -0.2) is 17.1 Å². The van der Waals surface area contributed by atoms with E-state index in [1.54, 1.807) is 0 Å². The third-order valence-corrected chi connectivity index (χ3v) is 5.37. The first-order valence-electron chi connectivity index (χ1n) is 5.51. The van der Waals surface area contributed by atoms with Crippen LogP contribution in [-0.2, 0) is 4.79 Å². The van der Waals surface area contributed by atoms with Gasteiger partial charge in [-0.05, 0) is 44.4 Å². The Kier molecular flexibility index (Phi) is 1.34. The van der Waals surface area contributed by atoms with Crippen LogP contribution in [0.5, 0.6) is 0 Å². The molecule has 4 rings (SSSR count). The van der Waals surface area contributed by atoms with Crippen LogP contribution in [0.1, 0.15) is 32.6 Å². The van der Waals surface area contributed by atoms with Crippen LogP contribution in [0.3, 0.4) is 0 Å². The molecule has 0 aromatic rings. The van der Waals surface area contributed by atoms with Gasteiger partial charge in [0.25, 0.3) is 0 Å². The Morgan fingerprint density at radius 1 is 1.36 bits per heavy atom. The molecule has 0 aromatic carbocycles. The van der Waals surface area contributed by atoms with E-state index in [2.05, 4.69) is 0 Å². The van der Waals surface area contributed by atoms with Gasteiger partial charge in [-0.3, -0.25) is 4.79 Å². The Bertz CT molecular complexity index is 296. The molecule has 3 N–H and O–H groups in total. The summed E-state index contributed by atoms with van der Waals surface area (Å²) >= 11 is 0. The first-order valence-corrected chi connectivity index (χ1v) is 5.51. The van der Waals surface area contributed by atoms with Gasteiger partial charge in [-0.25, -0.2) is 0 Å². The fourth-order valence-corrected chi connectivity index (χ4v) is 4.80. The Morgan fingerprint density at radius 2 is 1.86 bits per heavy atom. The van der Waals surface area contributed by atoms with Crippen LogP contribution in [0.2, 0.25) is 0 Å². The number of nitrogens with two attached hydrogens (primary N) is 1. The molecule has 3 atom stereocenters. The Labute approximate surface area is 83.7 Å². The van der Waals surface area contributed by atoms with Gasteiger partial charge in [-0.1, -0.05) is 0 Å². The quantitative estimate of drug-likeness (QED) is 0.696. The van der Waals surface area contributed by atoms with Crippen molar-refractivity contribution in [1.29, 1.82) is 0 Å². The zero-order valence-electron chi connectivity index (χ0n) is 8.49. The van der Waals surface area contributed by atoms with Crippen LogP contribution in [0, 0.1) is 22.7 Å². The van der Waals surface area contributed by atoms with Gasteiger partial charge in [0, 0.05) is 11.5 Å². The highest BCUT2D eigenvalue weighted by Crippen LogP contribution is 2.77. The van der Waals surface area contributed by atoms with Gasteiger partial charge in [-0.15, -0.1) is 0 Å². The van der Waals surface area contributed by atoms with Gasteiger partial charge in [0.1, 0.15) is 0 Å². The Balaban J connectivity index is 2.12. The molecule has 0 spiro atoms. The van der Waals surface area contributed by atoms with Crippen molar-refractivity contribution in [2.75, 3.05) is 0 Å². The van der Waals surface area contributed by atoms with Crippen molar-refractivity contribution in [3.05, 3.63) is 0 Å². The molecule has 0 heterocycles. The van der Waals surface area contributed by atoms with E-state index in [0.29, 0.717) is 11.8 Å². The zero-order valence-corrected chi connectivity index (χ0v) is 8.49. The third-order valence-electron chi connectivity index (χ3n) is 5.37. The molecule has 78 valence electrons. The number of hydrogen-bond acceptors (Lipinski definition) is 2. The minimum Gasteiger partial charge on any atom is -0.481 e. The first-order chi connectivity index (χ1) is 6.52. The molecule has 0 saturated heterocycles. The number of hydrogen-bond donors (Lipinski definition) is 2. The third kappa shape index (κ3) is 0.630. The normalized spacial score (nSPS) is 55.6. The summed E-state index contributed by atoms with van der Waals surface area (Å²) in [6, 6.07) is 0.0381. The molecule has 0 amide bonds. The van der Waals surface area contributed by atoms with E-state index in [4.69, 9.17) is 5.73 Å². The molecule has 14 heavy (non-hydrogen) atoms. The van der Waals surface area contributed by atoms with Crippen LogP contribution >= 0.6 is 0 Å². The summed E-state index contributed by atoms with van der Waals surface area (Å²) in [4.78, 5) is 11.5. The standard InChI is InChI=1S/C11H17NO2/c1-6(12)10-2-7-4-11(10,9(13)14)5-8(7)3-10/h6-8H,2-5,12H2,1H3,(H,13,14). The van der Waals surface area contributed by atoms with E-state index >= 15 is 0 Å². The van der Waals surface area contributed by atoms with Crippen molar-refractivity contribution >= 4 is 5.97 Å². The van der Waals surface area contributed by atoms with Crippen molar-refractivity contribution in [2.24, 2.45) is 28.4 Å². The SMILES string of the molecule is CC(N)C12CC3CC1(C(=O)O)CC3C2.